The fourth-order valence-electron chi connectivity index (χ4n) is 3.34. The average Bonchev–Trinajstić information content (AvgIpc) is 2.37. The predicted octanol–water partition coefficient (Wildman–Crippen LogP) is 1.93. The third-order valence-corrected chi connectivity index (χ3v) is 4.61. The van der Waals surface area contributed by atoms with Crippen molar-refractivity contribution in [1.29, 1.82) is 0 Å². The van der Waals surface area contributed by atoms with Gasteiger partial charge >= 0.3 is 0 Å². The van der Waals surface area contributed by atoms with Crippen molar-refractivity contribution in [3.8, 4) is 0 Å². The Balaban J connectivity index is 1.72. The number of hydrogen-bond donors (Lipinski definition) is 1. The van der Waals surface area contributed by atoms with Crippen molar-refractivity contribution >= 4 is 0 Å². The number of nitrogens with zero attached hydrogens (tertiary/aromatic N) is 2. The fraction of sp³-hybridized carbons (Fsp3) is 1.00. The highest BCUT2D eigenvalue weighted by atomic mass is 15.3. The second-order valence-electron chi connectivity index (χ2n) is 6.43. The van der Waals surface area contributed by atoms with E-state index in [-0.39, 0.29) is 0 Å². The lowest BCUT2D eigenvalue weighted by Crippen LogP contribution is -2.56. The first kappa shape index (κ1) is 14.3. The van der Waals surface area contributed by atoms with Gasteiger partial charge < -0.3 is 5.32 Å². The summed E-state index contributed by atoms with van der Waals surface area (Å²) < 4.78 is 0. The molecular weight excluding hydrogens is 222 g/mol. The zero-order valence-corrected chi connectivity index (χ0v) is 12.5. The van der Waals surface area contributed by atoms with Crippen LogP contribution in [0.15, 0.2) is 0 Å². The van der Waals surface area contributed by atoms with Gasteiger partial charge in [-0.3, -0.25) is 9.80 Å². The molecule has 0 amide bonds. The van der Waals surface area contributed by atoms with Crippen LogP contribution in [0.1, 0.15) is 46.5 Å². The van der Waals surface area contributed by atoms with E-state index in [9.17, 15) is 0 Å². The number of piperidine rings is 1. The number of fused-ring (bicyclic) bond motifs is 1. The van der Waals surface area contributed by atoms with Crippen LogP contribution in [0.4, 0.5) is 0 Å². The Kier molecular flexibility index (Phi) is 5.46. The van der Waals surface area contributed by atoms with Crippen LogP contribution >= 0.6 is 0 Å². The molecule has 0 bridgehead atoms. The minimum atomic E-state index is 0.618. The standard InChI is InChI=1S/C15H31N3/c1-13(2)16-8-7-14(3)18-11-10-17-9-5-4-6-15(17)12-18/h13-16H,4-12H2,1-3H3. The molecule has 0 saturated carbocycles. The summed E-state index contributed by atoms with van der Waals surface area (Å²) in [6, 6.07) is 2.21. The highest BCUT2D eigenvalue weighted by molar-refractivity contribution is 4.87. The van der Waals surface area contributed by atoms with Gasteiger partial charge in [0.1, 0.15) is 0 Å². The second kappa shape index (κ2) is 6.88. The first-order chi connectivity index (χ1) is 8.66. The zero-order chi connectivity index (χ0) is 13.0. The molecule has 2 saturated heterocycles. The van der Waals surface area contributed by atoms with Crippen molar-refractivity contribution < 1.29 is 0 Å². The van der Waals surface area contributed by atoms with Gasteiger partial charge in [-0.25, -0.2) is 0 Å². The normalized spacial score (nSPS) is 28.3. The highest BCUT2D eigenvalue weighted by Crippen LogP contribution is 2.22. The van der Waals surface area contributed by atoms with Crippen LogP contribution in [0, 0.1) is 0 Å². The van der Waals surface area contributed by atoms with E-state index in [1.165, 1.54) is 51.9 Å². The van der Waals surface area contributed by atoms with Crippen molar-refractivity contribution in [1.82, 2.24) is 15.1 Å². The average molecular weight is 253 g/mol. The third-order valence-electron chi connectivity index (χ3n) is 4.61. The smallest absolute Gasteiger partial charge is 0.0223 e. The number of hydrogen-bond acceptors (Lipinski definition) is 3. The molecule has 0 spiro atoms. The summed E-state index contributed by atoms with van der Waals surface area (Å²) in [6.07, 6.45) is 5.57. The van der Waals surface area contributed by atoms with Crippen LogP contribution in [0.5, 0.6) is 0 Å². The predicted molar refractivity (Wildman–Crippen MR) is 78.0 cm³/mol. The molecule has 0 aromatic rings. The van der Waals surface area contributed by atoms with Crippen molar-refractivity contribution in [3.05, 3.63) is 0 Å². The Morgan fingerprint density at radius 3 is 2.72 bits per heavy atom. The minimum absolute atomic E-state index is 0.618. The van der Waals surface area contributed by atoms with Gasteiger partial charge in [0.2, 0.25) is 0 Å². The first-order valence-corrected chi connectivity index (χ1v) is 7.88. The molecular formula is C15H31N3. The highest BCUT2D eigenvalue weighted by Gasteiger charge is 2.30. The number of nitrogens with one attached hydrogen (secondary N) is 1. The van der Waals surface area contributed by atoms with E-state index in [2.05, 4.69) is 35.9 Å². The van der Waals surface area contributed by atoms with Crippen LogP contribution in [0.2, 0.25) is 0 Å². The Morgan fingerprint density at radius 1 is 1.11 bits per heavy atom. The third kappa shape index (κ3) is 3.94. The molecule has 1 N–H and O–H groups in total. The van der Waals surface area contributed by atoms with Crippen molar-refractivity contribution in [2.75, 3.05) is 32.7 Å². The first-order valence-electron chi connectivity index (χ1n) is 7.88. The molecule has 2 aliphatic rings. The molecule has 0 radical (unpaired) electrons. The summed E-state index contributed by atoms with van der Waals surface area (Å²) in [6.45, 7) is 13.2. The Labute approximate surface area is 113 Å². The van der Waals surface area contributed by atoms with Crippen LogP contribution in [-0.2, 0) is 0 Å². The molecule has 2 fully saturated rings. The molecule has 3 heteroatoms. The van der Waals surface area contributed by atoms with E-state index < -0.39 is 0 Å². The van der Waals surface area contributed by atoms with Crippen molar-refractivity contribution in [2.45, 2.75) is 64.6 Å². The largest absolute Gasteiger partial charge is 0.314 e. The second-order valence-corrected chi connectivity index (χ2v) is 6.43. The lowest BCUT2D eigenvalue weighted by atomic mass is 9.98. The lowest BCUT2D eigenvalue weighted by molar-refractivity contribution is 0.0293. The van der Waals surface area contributed by atoms with Gasteiger partial charge in [0.05, 0.1) is 0 Å². The summed E-state index contributed by atoms with van der Waals surface area (Å²) in [7, 11) is 0. The Bertz CT molecular complexity index is 242. The van der Waals surface area contributed by atoms with E-state index in [1.807, 2.05) is 0 Å². The molecule has 0 aromatic carbocycles. The Hall–Kier alpha value is -0.120. The van der Waals surface area contributed by atoms with Gasteiger partial charge in [-0.2, -0.15) is 0 Å². The molecule has 2 aliphatic heterocycles. The minimum Gasteiger partial charge on any atom is -0.314 e. The molecule has 2 rings (SSSR count). The fourth-order valence-corrected chi connectivity index (χ4v) is 3.34. The van der Waals surface area contributed by atoms with Gasteiger partial charge in [-0.05, 0) is 39.3 Å². The van der Waals surface area contributed by atoms with Crippen molar-refractivity contribution in [2.24, 2.45) is 0 Å². The van der Waals surface area contributed by atoms with Crippen LogP contribution in [0.3, 0.4) is 0 Å². The number of rotatable bonds is 5. The molecule has 106 valence electrons. The molecule has 2 unspecified atom stereocenters. The number of piperazine rings is 1. The van der Waals surface area contributed by atoms with E-state index >= 15 is 0 Å². The molecule has 18 heavy (non-hydrogen) atoms. The monoisotopic (exact) mass is 253 g/mol. The van der Waals surface area contributed by atoms with Crippen LogP contribution < -0.4 is 5.32 Å². The van der Waals surface area contributed by atoms with Crippen LogP contribution in [0.25, 0.3) is 0 Å². The summed E-state index contributed by atoms with van der Waals surface area (Å²) in [5, 5.41) is 3.53. The maximum absolute atomic E-state index is 3.53. The van der Waals surface area contributed by atoms with Gasteiger partial charge in [0.15, 0.2) is 0 Å². The van der Waals surface area contributed by atoms with E-state index in [0.29, 0.717) is 6.04 Å². The van der Waals surface area contributed by atoms with E-state index in [0.717, 1.165) is 18.6 Å². The maximum atomic E-state index is 3.53. The van der Waals surface area contributed by atoms with Gasteiger partial charge in [-0.1, -0.05) is 20.3 Å². The summed E-state index contributed by atoms with van der Waals surface area (Å²) in [5.41, 5.74) is 0. The van der Waals surface area contributed by atoms with E-state index in [1.54, 1.807) is 0 Å². The maximum Gasteiger partial charge on any atom is 0.0223 e. The molecule has 2 atom stereocenters. The van der Waals surface area contributed by atoms with Gasteiger partial charge in [-0.15, -0.1) is 0 Å². The molecule has 3 nitrogen and oxygen atoms in total. The SMILES string of the molecule is CC(C)NCCC(C)N1CCN2CCCCC2C1. The molecule has 0 aliphatic carbocycles. The van der Waals surface area contributed by atoms with Gasteiger partial charge in [0, 0.05) is 37.8 Å². The lowest BCUT2D eigenvalue weighted by Gasteiger charge is -2.46. The summed E-state index contributed by atoms with van der Waals surface area (Å²) in [4.78, 5) is 5.44. The zero-order valence-electron chi connectivity index (χ0n) is 12.5. The van der Waals surface area contributed by atoms with E-state index in [4.69, 9.17) is 0 Å². The topological polar surface area (TPSA) is 18.5 Å². The quantitative estimate of drug-likeness (QED) is 0.808. The summed E-state index contributed by atoms with van der Waals surface area (Å²) >= 11 is 0. The summed E-state index contributed by atoms with van der Waals surface area (Å²) in [5.74, 6) is 0. The Morgan fingerprint density at radius 2 is 1.94 bits per heavy atom. The molecule has 2 heterocycles. The molecule has 0 aromatic heterocycles. The van der Waals surface area contributed by atoms with Crippen LogP contribution in [-0.4, -0.2) is 60.6 Å². The van der Waals surface area contributed by atoms with Crippen molar-refractivity contribution in [3.63, 3.8) is 0 Å². The van der Waals surface area contributed by atoms with Gasteiger partial charge in [0.25, 0.3) is 0 Å².